The second-order valence-electron chi connectivity index (χ2n) is 6.18. The molecule has 0 aromatic rings. The van der Waals surface area contributed by atoms with Gasteiger partial charge in [0.2, 0.25) is 0 Å². The summed E-state index contributed by atoms with van der Waals surface area (Å²) in [5.41, 5.74) is 0. The smallest absolute Gasteiger partial charge is 0.140 e. The normalized spacial score (nSPS) is 51.8. The van der Waals surface area contributed by atoms with E-state index in [0.717, 1.165) is 24.7 Å². The van der Waals surface area contributed by atoms with E-state index < -0.39 is 0 Å². The van der Waals surface area contributed by atoms with Gasteiger partial charge in [0.25, 0.3) is 0 Å². The summed E-state index contributed by atoms with van der Waals surface area (Å²) in [5.74, 6) is 4.02. The molecule has 1 nitrogen and oxygen atoms in total. The Morgan fingerprint density at radius 2 is 1.25 bits per heavy atom. The number of allylic oxidation sites excluding steroid dienone is 4. The van der Waals surface area contributed by atoms with Crippen LogP contribution in [0.3, 0.4) is 0 Å². The van der Waals surface area contributed by atoms with Crippen molar-refractivity contribution in [3.63, 3.8) is 0 Å². The van der Waals surface area contributed by atoms with Crippen LogP contribution in [0, 0.1) is 35.5 Å². The highest BCUT2D eigenvalue weighted by molar-refractivity contribution is 5.85. The predicted molar refractivity (Wildman–Crippen MR) is 62.7 cm³/mol. The molecule has 1 heteroatoms. The number of hydrogen-bond donors (Lipinski definition) is 0. The first-order valence-electron chi connectivity index (χ1n) is 6.71. The number of hydrogen-bond acceptors (Lipinski definition) is 1. The van der Waals surface area contributed by atoms with Gasteiger partial charge in [0.15, 0.2) is 0 Å². The summed E-state index contributed by atoms with van der Waals surface area (Å²) in [6.45, 7) is 0. The minimum absolute atomic E-state index is 0.382. The summed E-state index contributed by atoms with van der Waals surface area (Å²) in [6, 6.07) is 0. The van der Waals surface area contributed by atoms with Crippen molar-refractivity contribution < 1.29 is 4.79 Å². The van der Waals surface area contributed by atoms with Gasteiger partial charge in [-0.05, 0) is 49.4 Å². The van der Waals surface area contributed by atoms with E-state index in [2.05, 4.69) is 24.3 Å². The molecule has 4 rings (SSSR count). The van der Waals surface area contributed by atoms with E-state index in [-0.39, 0.29) is 0 Å². The van der Waals surface area contributed by atoms with Crippen molar-refractivity contribution in [1.29, 1.82) is 0 Å². The molecule has 2 fully saturated rings. The Morgan fingerprint density at radius 3 is 1.56 bits per heavy atom. The van der Waals surface area contributed by atoms with E-state index >= 15 is 0 Å². The molecule has 0 aromatic heterocycles. The predicted octanol–water partition coefficient (Wildman–Crippen LogP) is 2.98. The Balaban J connectivity index is 1.54. The van der Waals surface area contributed by atoms with Crippen molar-refractivity contribution in [2.45, 2.75) is 25.7 Å². The third kappa shape index (κ3) is 1.15. The number of rotatable bonds is 2. The molecule has 0 radical (unpaired) electrons. The first-order chi connectivity index (χ1) is 7.81. The highest BCUT2D eigenvalue weighted by atomic mass is 16.1. The van der Waals surface area contributed by atoms with Crippen LogP contribution in [0.4, 0.5) is 0 Å². The standard InChI is InChI=1S/C15H18O/c16-15(13-7-9-1-3-11(13)5-9)14-8-10-2-4-12(14)6-10/h1-4,9-14H,5-8H2/t9-,10-,11+,12+,13-,14-/m0/s1. The van der Waals surface area contributed by atoms with Crippen LogP contribution >= 0.6 is 0 Å². The molecule has 0 aliphatic heterocycles. The summed E-state index contributed by atoms with van der Waals surface area (Å²) in [5, 5.41) is 0. The minimum Gasteiger partial charge on any atom is -0.299 e. The Kier molecular flexibility index (Phi) is 1.78. The van der Waals surface area contributed by atoms with E-state index in [4.69, 9.17) is 0 Å². The van der Waals surface area contributed by atoms with Crippen molar-refractivity contribution in [3.8, 4) is 0 Å². The Bertz CT molecular complexity index is 356. The van der Waals surface area contributed by atoms with Crippen molar-refractivity contribution in [3.05, 3.63) is 24.3 Å². The summed E-state index contributed by atoms with van der Waals surface area (Å²) in [6.07, 6.45) is 14.1. The van der Waals surface area contributed by atoms with Crippen molar-refractivity contribution in [2.24, 2.45) is 35.5 Å². The maximum absolute atomic E-state index is 12.6. The fourth-order valence-electron chi connectivity index (χ4n) is 4.49. The molecular weight excluding hydrogens is 196 g/mol. The van der Waals surface area contributed by atoms with E-state index in [1.807, 2.05) is 0 Å². The van der Waals surface area contributed by atoms with E-state index in [1.165, 1.54) is 12.8 Å². The van der Waals surface area contributed by atoms with Gasteiger partial charge in [-0.3, -0.25) is 4.79 Å². The van der Waals surface area contributed by atoms with E-state index in [9.17, 15) is 4.79 Å². The molecule has 2 saturated carbocycles. The van der Waals surface area contributed by atoms with Crippen LogP contribution in [0.15, 0.2) is 24.3 Å². The van der Waals surface area contributed by atoms with Crippen LogP contribution in [0.5, 0.6) is 0 Å². The molecule has 0 spiro atoms. The van der Waals surface area contributed by atoms with Gasteiger partial charge in [-0.15, -0.1) is 0 Å². The van der Waals surface area contributed by atoms with Crippen molar-refractivity contribution >= 4 is 5.78 Å². The SMILES string of the molecule is O=C([C@H]1C[C@H]2C=C[C@@H]1C2)[C@H]1C[C@H]2C=C[C@@H]1C2. The lowest BCUT2D eigenvalue weighted by molar-refractivity contribution is -0.128. The van der Waals surface area contributed by atoms with Gasteiger partial charge >= 0.3 is 0 Å². The quantitative estimate of drug-likeness (QED) is 0.646. The Morgan fingerprint density at radius 1 is 0.750 bits per heavy atom. The van der Waals surface area contributed by atoms with Crippen LogP contribution in [0.25, 0.3) is 0 Å². The second kappa shape index (κ2) is 3.09. The number of fused-ring (bicyclic) bond motifs is 4. The topological polar surface area (TPSA) is 17.1 Å². The van der Waals surface area contributed by atoms with Crippen LogP contribution in [0.1, 0.15) is 25.7 Å². The van der Waals surface area contributed by atoms with E-state index in [0.29, 0.717) is 29.5 Å². The molecule has 0 amide bonds. The first kappa shape index (κ1) is 9.21. The van der Waals surface area contributed by atoms with Gasteiger partial charge in [-0.25, -0.2) is 0 Å². The van der Waals surface area contributed by atoms with Crippen LogP contribution < -0.4 is 0 Å². The number of ketones is 1. The molecule has 0 unspecified atom stereocenters. The monoisotopic (exact) mass is 214 g/mol. The molecule has 84 valence electrons. The molecule has 0 saturated heterocycles. The highest BCUT2D eigenvalue weighted by Crippen LogP contribution is 2.50. The first-order valence-corrected chi connectivity index (χ1v) is 6.71. The van der Waals surface area contributed by atoms with Gasteiger partial charge in [-0.2, -0.15) is 0 Å². The summed E-state index contributed by atoms with van der Waals surface area (Å²) in [7, 11) is 0. The molecule has 0 N–H and O–H groups in total. The molecule has 0 heterocycles. The lowest BCUT2D eigenvalue weighted by atomic mass is 9.79. The molecule has 6 atom stereocenters. The fraction of sp³-hybridized carbons (Fsp3) is 0.667. The van der Waals surface area contributed by atoms with E-state index in [1.54, 1.807) is 0 Å². The Hall–Kier alpha value is -0.850. The molecule has 4 bridgehead atoms. The summed E-state index contributed by atoms with van der Waals surface area (Å²) in [4.78, 5) is 12.6. The summed E-state index contributed by atoms with van der Waals surface area (Å²) >= 11 is 0. The molecule has 4 aliphatic rings. The number of Topliss-reactive ketones (excluding diaryl/α,β-unsaturated/α-hetero) is 1. The summed E-state index contributed by atoms with van der Waals surface area (Å²) < 4.78 is 0. The average molecular weight is 214 g/mol. The van der Waals surface area contributed by atoms with Crippen molar-refractivity contribution in [2.75, 3.05) is 0 Å². The lowest BCUT2D eigenvalue weighted by Gasteiger charge is -2.24. The van der Waals surface area contributed by atoms with Gasteiger partial charge in [0.05, 0.1) is 0 Å². The molecule has 16 heavy (non-hydrogen) atoms. The van der Waals surface area contributed by atoms with Crippen LogP contribution in [-0.4, -0.2) is 5.78 Å². The second-order valence-corrected chi connectivity index (χ2v) is 6.18. The zero-order valence-corrected chi connectivity index (χ0v) is 9.51. The average Bonchev–Trinajstić information content (AvgIpc) is 3.06. The third-order valence-electron chi connectivity index (χ3n) is 5.29. The molecular formula is C15H18O. The van der Waals surface area contributed by atoms with Crippen LogP contribution in [-0.2, 0) is 4.79 Å². The molecule has 4 aliphatic carbocycles. The van der Waals surface area contributed by atoms with Gasteiger partial charge < -0.3 is 0 Å². The largest absolute Gasteiger partial charge is 0.299 e. The molecule has 0 aromatic carbocycles. The minimum atomic E-state index is 0.382. The van der Waals surface area contributed by atoms with Gasteiger partial charge in [-0.1, -0.05) is 24.3 Å². The van der Waals surface area contributed by atoms with Gasteiger partial charge in [0.1, 0.15) is 5.78 Å². The number of carbonyl (C=O) groups excluding carboxylic acids is 1. The maximum Gasteiger partial charge on any atom is 0.140 e. The Labute approximate surface area is 96.6 Å². The fourth-order valence-corrected chi connectivity index (χ4v) is 4.49. The van der Waals surface area contributed by atoms with Gasteiger partial charge in [0, 0.05) is 11.8 Å². The number of carbonyl (C=O) groups is 1. The zero-order valence-electron chi connectivity index (χ0n) is 9.51. The zero-order chi connectivity index (χ0) is 10.7. The lowest BCUT2D eigenvalue weighted by Crippen LogP contribution is -2.29. The maximum atomic E-state index is 12.6. The van der Waals surface area contributed by atoms with Crippen molar-refractivity contribution in [1.82, 2.24) is 0 Å². The highest BCUT2D eigenvalue weighted by Gasteiger charge is 2.46. The van der Waals surface area contributed by atoms with Crippen LogP contribution in [0.2, 0.25) is 0 Å². The third-order valence-corrected chi connectivity index (χ3v) is 5.29.